The standard InChI is InChI=1S/C19H14N2O4/c22-17(16-12-6-8-13-7-4-5-11-15(13)16)20-18(23)21-19(24)25-14-9-2-1-3-10-14/h1-12H,(H2,20,21,22,23,24). The number of benzene rings is 3. The van der Waals surface area contributed by atoms with Gasteiger partial charge >= 0.3 is 12.1 Å². The van der Waals surface area contributed by atoms with Crippen molar-refractivity contribution in [2.45, 2.75) is 0 Å². The van der Waals surface area contributed by atoms with Gasteiger partial charge in [0.1, 0.15) is 5.75 Å². The van der Waals surface area contributed by atoms with Gasteiger partial charge in [-0.05, 0) is 29.0 Å². The van der Waals surface area contributed by atoms with Gasteiger partial charge in [-0.3, -0.25) is 10.1 Å². The van der Waals surface area contributed by atoms with E-state index in [2.05, 4.69) is 5.32 Å². The Balaban J connectivity index is 1.64. The first-order chi connectivity index (χ1) is 12.1. The van der Waals surface area contributed by atoms with Crippen molar-refractivity contribution in [2.24, 2.45) is 0 Å². The molecule has 0 unspecified atom stereocenters. The van der Waals surface area contributed by atoms with Crippen LogP contribution in [0.2, 0.25) is 0 Å². The summed E-state index contributed by atoms with van der Waals surface area (Å²) >= 11 is 0. The number of carbonyl (C=O) groups is 3. The fourth-order valence-electron chi connectivity index (χ4n) is 2.34. The first-order valence-corrected chi connectivity index (χ1v) is 7.50. The van der Waals surface area contributed by atoms with Crippen molar-refractivity contribution in [3.05, 3.63) is 78.4 Å². The van der Waals surface area contributed by atoms with Crippen LogP contribution < -0.4 is 15.4 Å². The lowest BCUT2D eigenvalue weighted by atomic mass is 10.0. The maximum absolute atomic E-state index is 12.3. The highest BCUT2D eigenvalue weighted by molar-refractivity contribution is 6.13. The Kier molecular flexibility index (Phi) is 4.71. The lowest BCUT2D eigenvalue weighted by molar-refractivity contribution is 0.0966. The van der Waals surface area contributed by atoms with Crippen LogP contribution in [-0.2, 0) is 0 Å². The van der Waals surface area contributed by atoms with E-state index in [1.807, 2.05) is 23.5 Å². The molecule has 0 radical (unpaired) electrons. The van der Waals surface area contributed by atoms with E-state index < -0.39 is 18.0 Å². The Morgan fingerprint density at radius 1 is 0.720 bits per heavy atom. The molecule has 3 rings (SSSR count). The highest BCUT2D eigenvalue weighted by Gasteiger charge is 2.15. The molecular weight excluding hydrogens is 320 g/mol. The van der Waals surface area contributed by atoms with Crippen molar-refractivity contribution in [1.29, 1.82) is 0 Å². The Hall–Kier alpha value is -3.67. The molecule has 0 aliphatic carbocycles. The summed E-state index contributed by atoms with van der Waals surface area (Å²) in [6.07, 6.45) is -0.977. The molecule has 25 heavy (non-hydrogen) atoms. The second-order valence-electron chi connectivity index (χ2n) is 5.14. The zero-order valence-corrected chi connectivity index (χ0v) is 13.1. The molecule has 0 atom stereocenters. The van der Waals surface area contributed by atoms with E-state index in [1.54, 1.807) is 54.6 Å². The van der Waals surface area contributed by atoms with E-state index in [-0.39, 0.29) is 5.75 Å². The van der Waals surface area contributed by atoms with Crippen LogP contribution in [0, 0.1) is 0 Å². The molecule has 0 bridgehead atoms. The number of amides is 4. The molecule has 6 nitrogen and oxygen atoms in total. The predicted molar refractivity (Wildman–Crippen MR) is 92.4 cm³/mol. The largest absolute Gasteiger partial charge is 0.420 e. The summed E-state index contributed by atoms with van der Waals surface area (Å²) in [5, 5.41) is 5.64. The minimum absolute atomic E-state index is 0.285. The van der Waals surface area contributed by atoms with E-state index in [0.717, 1.165) is 5.39 Å². The second kappa shape index (κ2) is 7.27. The second-order valence-corrected chi connectivity index (χ2v) is 5.14. The predicted octanol–water partition coefficient (Wildman–Crippen LogP) is 3.48. The van der Waals surface area contributed by atoms with E-state index in [4.69, 9.17) is 4.74 Å². The number of para-hydroxylation sites is 1. The monoisotopic (exact) mass is 334 g/mol. The van der Waals surface area contributed by atoms with Gasteiger partial charge in [-0.25, -0.2) is 14.9 Å². The zero-order valence-electron chi connectivity index (χ0n) is 13.1. The quantitative estimate of drug-likeness (QED) is 0.751. The van der Waals surface area contributed by atoms with Crippen LogP contribution >= 0.6 is 0 Å². The third-order valence-corrected chi connectivity index (χ3v) is 3.43. The Bertz CT molecular complexity index is 933. The van der Waals surface area contributed by atoms with Crippen molar-refractivity contribution >= 4 is 28.8 Å². The molecule has 2 N–H and O–H groups in total. The van der Waals surface area contributed by atoms with Gasteiger partial charge in [0.05, 0.1) is 0 Å². The van der Waals surface area contributed by atoms with Crippen LogP contribution in [0.1, 0.15) is 10.4 Å². The number of ether oxygens (including phenoxy) is 1. The van der Waals surface area contributed by atoms with Gasteiger partial charge in [-0.2, -0.15) is 0 Å². The van der Waals surface area contributed by atoms with Gasteiger partial charge in [0.15, 0.2) is 0 Å². The molecule has 0 saturated carbocycles. The van der Waals surface area contributed by atoms with Crippen molar-refractivity contribution in [3.8, 4) is 5.75 Å². The third kappa shape index (κ3) is 4.00. The highest BCUT2D eigenvalue weighted by atomic mass is 16.6. The third-order valence-electron chi connectivity index (χ3n) is 3.43. The van der Waals surface area contributed by atoms with Crippen molar-refractivity contribution < 1.29 is 19.1 Å². The number of rotatable bonds is 2. The van der Waals surface area contributed by atoms with E-state index in [9.17, 15) is 14.4 Å². The summed E-state index contributed by atoms with van der Waals surface area (Å²) in [6, 6.07) is 19.8. The molecule has 0 fully saturated rings. The van der Waals surface area contributed by atoms with Gasteiger partial charge in [0, 0.05) is 5.56 Å². The van der Waals surface area contributed by atoms with Gasteiger partial charge in [-0.1, -0.05) is 54.6 Å². The molecule has 3 aromatic carbocycles. The fraction of sp³-hybridized carbons (Fsp3) is 0. The molecule has 0 aliphatic rings. The molecule has 0 heterocycles. The summed E-state index contributed by atoms with van der Waals surface area (Å²) in [5.74, 6) is -0.324. The number of urea groups is 1. The number of carbonyl (C=O) groups excluding carboxylic acids is 3. The van der Waals surface area contributed by atoms with Crippen LogP contribution in [0.4, 0.5) is 9.59 Å². The number of nitrogens with one attached hydrogen (secondary N) is 2. The summed E-state index contributed by atoms with van der Waals surface area (Å²) in [5.41, 5.74) is 0.338. The Morgan fingerprint density at radius 3 is 2.20 bits per heavy atom. The average Bonchev–Trinajstić information content (AvgIpc) is 2.61. The molecule has 3 aromatic rings. The molecule has 0 aliphatic heterocycles. The lowest BCUT2D eigenvalue weighted by Gasteiger charge is -2.08. The van der Waals surface area contributed by atoms with Gasteiger partial charge in [-0.15, -0.1) is 0 Å². The topological polar surface area (TPSA) is 84.5 Å². The SMILES string of the molecule is O=C(NC(=O)Oc1ccccc1)NC(=O)c1cccc2ccccc12. The molecular formula is C19H14N2O4. The van der Waals surface area contributed by atoms with Gasteiger partial charge in [0.2, 0.25) is 0 Å². The first kappa shape index (κ1) is 16.2. The summed E-state index contributed by atoms with van der Waals surface area (Å²) in [4.78, 5) is 35.8. The van der Waals surface area contributed by atoms with Crippen LogP contribution in [0.5, 0.6) is 5.75 Å². The summed E-state index contributed by atoms with van der Waals surface area (Å²) in [6.45, 7) is 0. The Morgan fingerprint density at radius 2 is 1.40 bits per heavy atom. The van der Waals surface area contributed by atoms with Crippen molar-refractivity contribution in [1.82, 2.24) is 10.6 Å². The summed E-state index contributed by atoms with van der Waals surface area (Å²) < 4.78 is 4.92. The molecule has 0 spiro atoms. The van der Waals surface area contributed by atoms with Gasteiger partial charge < -0.3 is 4.74 Å². The van der Waals surface area contributed by atoms with E-state index in [1.165, 1.54) is 0 Å². The molecule has 4 amide bonds. The van der Waals surface area contributed by atoms with Gasteiger partial charge in [0.25, 0.3) is 5.91 Å². The van der Waals surface area contributed by atoms with Crippen molar-refractivity contribution in [3.63, 3.8) is 0 Å². The number of hydrogen-bond donors (Lipinski definition) is 2. The fourth-order valence-corrected chi connectivity index (χ4v) is 2.34. The molecule has 0 aromatic heterocycles. The van der Waals surface area contributed by atoms with Crippen LogP contribution in [0.3, 0.4) is 0 Å². The minimum atomic E-state index is -0.977. The normalized spacial score (nSPS) is 10.1. The number of fused-ring (bicyclic) bond motifs is 1. The molecule has 6 heteroatoms. The minimum Gasteiger partial charge on any atom is -0.410 e. The maximum Gasteiger partial charge on any atom is 0.420 e. The van der Waals surface area contributed by atoms with E-state index >= 15 is 0 Å². The van der Waals surface area contributed by atoms with Crippen LogP contribution in [0.25, 0.3) is 10.8 Å². The van der Waals surface area contributed by atoms with Crippen LogP contribution in [-0.4, -0.2) is 18.0 Å². The highest BCUT2D eigenvalue weighted by Crippen LogP contribution is 2.18. The maximum atomic E-state index is 12.3. The lowest BCUT2D eigenvalue weighted by Crippen LogP contribution is -2.43. The van der Waals surface area contributed by atoms with Crippen molar-refractivity contribution in [2.75, 3.05) is 0 Å². The van der Waals surface area contributed by atoms with Crippen LogP contribution in [0.15, 0.2) is 72.8 Å². The Labute approximate surface area is 143 Å². The smallest absolute Gasteiger partial charge is 0.410 e. The zero-order chi connectivity index (χ0) is 17.6. The molecule has 124 valence electrons. The number of imide groups is 2. The summed E-state index contributed by atoms with van der Waals surface area (Å²) in [7, 11) is 0. The number of hydrogen-bond acceptors (Lipinski definition) is 4. The van der Waals surface area contributed by atoms with E-state index in [0.29, 0.717) is 10.9 Å². The average molecular weight is 334 g/mol. The first-order valence-electron chi connectivity index (χ1n) is 7.50. The molecule has 0 saturated heterocycles.